The molecule has 9 nitrogen and oxygen atoms in total. The molecule has 4 rings (SSSR count). The molecule has 0 aromatic carbocycles. The van der Waals surface area contributed by atoms with E-state index in [-0.39, 0.29) is 6.42 Å². The number of nitrogens with zero attached hydrogens (tertiary/aromatic N) is 4. The third-order valence-electron chi connectivity index (χ3n) is 5.82. The number of hydrogen-bond acceptors (Lipinski definition) is 6. The Morgan fingerprint density at radius 3 is 2.77 bits per heavy atom. The Hall–Kier alpha value is -2.26. The van der Waals surface area contributed by atoms with E-state index in [9.17, 15) is 18.5 Å². The molecule has 2 aromatic heterocycles. The van der Waals surface area contributed by atoms with Crippen LogP contribution in [0.5, 0.6) is 0 Å². The molecule has 2 aliphatic rings. The van der Waals surface area contributed by atoms with E-state index < -0.39 is 28.2 Å². The topological polar surface area (TPSA) is 120 Å². The molecule has 3 heterocycles. The Labute approximate surface area is 179 Å². The molecule has 2 N–H and O–H groups in total. The van der Waals surface area contributed by atoms with E-state index in [1.54, 1.807) is 17.9 Å². The van der Waals surface area contributed by atoms with Gasteiger partial charge in [0, 0.05) is 30.7 Å². The second-order valence-corrected chi connectivity index (χ2v) is 10.7. The summed E-state index contributed by atoms with van der Waals surface area (Å²) in [6, 6.07) is 0.775. The highest BCUT2D eigenvalue weighted by Crippen LogP contribution is 2.38. The monoisotopic (exact) mass is 448 g/mol. The van der Waals surface area contributed by atoms with Gasteiger partial charge in [0.15, 0.2) is 0 Å². The molecule has 0 radical (unpaired) electrons. The molecule has 30 heavy (non-hydrogen) atoms. The van der Waals surface area contributed by atoms with Crippen LogP contribution in [0.4, 0.5) is 5.00 Å². The molecular formula is C19H24N6O3S2. The van der Waals surface area contributed by atoms with Crippen LogP contribution in [0.25, 0.3) is 0 Å². The van der Waals surface area contributed by atoms with E-state index in [1.165, 1.54) is 18.4 Å². The zero-order chi connectivity index (χ0) is 21.6. The van der Waals surface area contributed by atoms with Gasteiger partial charge in [0.05, 0.1) is 17.3 Å². The molecule has 0 spiro atoms. The fourth-order valence-corrected chi connectivity index (χ4v) is 6.75. The van der Waals surface area contributed by atoms with Gasteiger partial charge in [-0.15, -0.1) is 11.3 Å². The summed E-state index contributed by atoms with van der Waals surface area (Å²) in [7, 11) is -0.684. The Morgan fingerprint density at radius 2 is 2.10 bits per heavy atom. The summed E-state index contributed by atoms with van der Waals surface area (Å²) >= 11 is 1.43. The van der Waals surface area contributed by atoms with Gasteiger partial charge in [-0.05, 0) is 44.6 Å². The lowest BCUT2D eigenvalue weighted by Gasteiger charge is -2.35. The first-order valence-corrected chi connectivity index (χ1v) is 12.1. The maximum atomic E-state index is 13.1. The number of thiophene rings is 1. The summed E-state index contributed by atoms with van der Waals surface area (Å²) in [6.45, 7) is 1.81. The first-order valence-electron chi connectivity index (χ1n) is 9.82. The Kier molecular flexibility index (Phi) is 5.44. The molecule has 0 unspecified atom stereocenters. The second-order valence-electron chi connectivity index (χ2n) is 7.80. The van der Waals surface area contributed by atoms with Crippen LogP contribution in [0.15, 0.2) is 6.20 Å². The molecule has 1 fully saturated rings. The minimum absolute atomic E-state index is 0.265. The van der Waals surface area contributed by atoms with Crippen molar-refractivity contribution >= 4 is 32.5 Å². The number of anilines is 1. The van der Waals surface area contributed by atoms with Crippen molar-refractivity contribution in [1.29, 1.82) is 5.26 Å². The van der Waals surface area contributed by atoms with Crippen molar-refractivity contribution < 1.29 is 13.2 Å². The third-order valence-corrected chi connectivity index (χ3v) is 8.62. The van der Waals surface area contributed by atoms with Gasteiger partial charge in [0.1, 0.15) is 17.1 Å². The molecule has 1 aliphatic heterocycles. The van der Waals surface area contributed by atoms with Crippen molar-refractivity contribution in [2.75, 3.05) is 12.4 Å². The van der Waals surface area contributed by atoms with Crippen molar-refractivity contribution in [2.45, 2.75) is 51.1 Å². The lowest BCUT2D eigenvalue weighted by Crippen LogP contribution is -2.56. The number of nitriles is 1. The number of rotatable bonds is 3. The number of carbonyl (C=O) groups excluding carboxylic acids is 1. The van der Waals surface area contributed by atoms with Crippen LogP contribution >= 0.6 is 11.3 Å². The first-order chi connectivity index (χ1) is 14.2. The normalized spacial score (nSPS) is 23.5. The van der Waals surface area contributed by atoms with Crippen LogP contribution < -0.4 is 10.0 Å². The van der Waals surface area contributed by atoms with Crippen molar-refractivity contribution in [1.82, 2.24) is 18.8 Å². The van der Waals surface area contributed by atoms with Crippen LogP contribution in [-0.2, 0) is 34.9 Å². The molecule has 1 amide bonds. The number of carbonyl (C=O) groups is 1. The average Bonchev–Trinajstić information content (AvgIpc) is 3.21. The van der Waals surface area contributed by atoms with Gasteiger partial charge in [0.25, 0.3) is 10.2 Å². The van der Waals surface area contributed by atoms with E-state index in [0.717, 1.165) is 46.0 Å². The molecule has 2 aromatic rings. The van der Waals surface area contributed by atoms with E-state index in [2.05, 4.69) is 21.2 Å². The number of hydrogen-bond donors (Lipinski definition) is 2. The van der Waals surface area contributed by atoms with Crippen molar-refractivity contribution in [3.63, 3.8) is 0 Å². The minimum atomic E-state index is -3.85. The lowest BCUT2D eigenvalue weighted by atomic mass is 9.96. The number of aromatic nitrogens is 2. The SMILES string of the molecule is Cc1nn(C)cc1[C@@H]1C[C@@H](C(=O)Nc2sc3c(c2C#N)CCCC3)N(C)S(=O)(=O)N1. The van der Waals surface area contributed by atoms with Crippen molar-refractivity contribution in [2.24, 2.45) is 7.05 Å². The van der Waals surface area contributed by atoms with Crippen LogP contribution in [-0.4, -0.2) is 41.5 Å². The Morgan fingerprint density at radius 1 is 1.37 bits per heavy atom. The van der Waals surface area contributed by atoms with Crippen molar-refractivity contribution in [3.05, 3.63) is 33.5 Å². The standard InChI is InChI=1S/C19H24N6O3S2/c1-11-14(10-24(2)22-11)15-8-16(25(3)30(27,28)23-15)18(26)21-19-13(9-20)12-6-4-5-7-17(12)29-19/h10,15-16,23H,4-8H2,1-3H3,(H,21,26)/t15-,16-/m0/s1. The second kappa shape index (κ2) is 7.77. The third kappa shape index (κ3) is 3.65. The van der Waals surface area contributed by atoms with E-state index in [0.29, 0.717) is 16.3 Å². The van der Waals surface area contributed by atoms with Gasteiger partial charge in [0.2, 0.25) is 5.91 Å². The summed E-state index contributed by atoms with van der Waals surface area (Å²) < 4.78 is 30.7. The van der Waals surface area contributed by atoms with Crippen LogP contribution in [0.2, 0.25) is 0 Å². The maximum absolute atomic E-state index is 13.1. The zero-order valence-corrected chi connectivity index (χ0v) is 18.7. The number of likely N-dealkylation sites (N-methyl/N-ethyl adjacent to an activating group) is 1. The summed E-state index contributed by atoms with van der Waals surface area (Å²) in [4.78, 5) is 14.3. The zero-order valence-electron chi connectivity index (χ0n) is 17.1. The highest BCUT2D eigenvalue weighted by atomic mass is 32.2. The van der Waals surface area contributed by atoms with Gasteiger partial charge in [-0.1, -0.05) is 0 Å². The summed E-state index contributed by atoms with van der Waals surface area (Å²) in [6.07, 6.45) is 5.90. The van der Waals surface area contributed by atoms with Gasteiger partial charge in [-0.3, -0.25) is 9.48 Å². The number of amides is 1. The lowest BCUT2D eigenvalue weighted by molar-refractivity contribution is -0.120. The number of aryl methyl sites for hydroxylation is 3. The molecule has 11 heteroatoms. The smallest absolute Gasteiger partial charge is 0.280 e. The molecule has 160 valence electrons. The van der Waals surface area contributed by atoms with E-state index in [1.807, 2.05) is 6.92 Å². The highest BCUT2D eigenvalue weighted by Gasteiger charge is 2.41. The molecular weight excluding hydrogens is 424 g/mol. The summed E-state index contributed by atoms with van der Waals surface area (Å²) in [5.74, 6) is -0.427. The summed E-state index contributed by atoms with van der Waals surface area (Å²) in [5.41, 5.74) is 3.00. The minimum Gasteiger partial charge on any atom is -0.315 e. The highest BCUT2D eigenvalue weighted by molar-refractivity contribution is 7.87. The number of nitrogens with one attached hydrogen (secondary N) is 2. The van der Waals surface area contributed by atoms with Crippen LogP contribution in [0.3, 0.4) is 0 Å². The largest absolute Gasteiger partial charge is 0.315 e. The van der Waals surface area contributed by atoms with Gasteiger partial charge < -0.3 is 5.32 Å². The molecule has 0 bridgehead atoms. The van der Waals surface area contributed by atoms with Gasteiger partial charge in [-0.25, -0.2) is 0 Å². The van der Waals surface area contributed by atoms with Gasteiger partial charge in [-0.2, -0.15) is 27.8 Å². The van der Waals surface area contributed by atoms with E-state index >= 15 is 0 Å². The van der Waals surface area contributed by atoms with Crippen molar-refractivity contribution in [3.8, 4) is 6.07 Å². The number of fused-ring (bicyclic) bond motifs is 1. The molecule has 1 saturated heterocycles. The van der Waals surface area contributed by atoms with E-state index in [4.69, 9.17) is 0 Å². The molecule has 2 atom stereocenters. The van der Waals surface area contributed by atoms with Crippen LogP contribution in [0.1, 0.15) is 52.6 Å². The predicted molar refractivity (Wildman–Crippen MR) is 113 cm³/mol. The predicted octanol–water partition coefficient (Wildman–Crippen LogP) is 1.76. The van der Waals surface area contributed by atoms with Gasteiger partial charge >= 0.3 is 0 Å². The average molecular weight is 449 g/mol. The Balaban J connectivity index is 1.62. The fraction of sp³-hybridized carbons (Fsp3) is 0.526. The first kappa shape index (κ1) is 21.0. The molecule has 0 saturated carbocycles. The quantitative estimate of drug-likeness (QED) is 0.741. The summed E-state index contributed by atoms with van der Waals surface area (Å²) in [5, 5.41) is 17.3. The van der Waals surface area contributed by atoms with Crippen LogP contribution in [0, 0.1) is 18.3 Å². The fourth-order valence-electron chi connectivity index (χ4n) is 4.24. The molecule has 1 aliphatic carbocycles. The maximum Gasteiger partial charge on any atom is 0.280 e. The Bertz CT molecular complexity index is 1140.